The van der Waals surface area contributed by atoms with E-state index >= 15 is 0 Å². The molecule has 0 saturated heterocycles. The molecule has 1 aliphatic rings. The van der Waals surface area contributed by atoms with Crippen LogP contribution in [-0.2, 0) is 27.9 Å². The van der Waals surface area contributed by atoms with E-state index in [0.29, 0.717) is 29.8 Å². The van der Waals surface area contributed by atoms with Crippen LogP contribution in [0.5, 0.6) is 5.75 Å². The standard InChI is InChI=1S/C35H42F3N5O4S/c1-7-26-21-42(48(45,46)30-12-10-9-11-29(30)47-26)20-25-19-24(14-13-22(25)3)31(34(5,6)33(44)39-18-17-35(36,37)38)27-15-16-28-32(23(27)4)40-41-43(28)8-2/h9-16,19,26,31H,7-8,17-18,20-21H2,1-6H3,(H,39,44)/t26-,31+/m1/s1. The molecule has 1 amide bonds. The Morgan fingerprint density at radius 2 is 1.81 bits per heavy atom. The zero-order valence-corrected chi connectivity index (χ0v) is 28.9. The van der Waals surface area contributed by atoms with E-state index in [2.05, 4.69) is 15.6 Å². The highest BCUT2D eigenvalue weighted by Gasteiger charge is 2.41. The Kier molecular flexibility index (Phi) is 9.94. The van der Waals surface area contributed by atoms with E-state index in [4.69, 9.17) is 4.74 Å². The first-order valence-electron chi connectivity index (χ1n) is 16.1. The lowest BCUT2D eigenvalue weighted by molar-refractivity contribution is -0.138. The molecule has 9 nitrogen and oxygen atoms in total. The van der Waals surface area contributed by atoms with Gasteiger partial charge in [-0.3, -0.25) is 4.79 Å². The Hall–Kier alpha value is -3.97. The lowest BCUT2D eigenvalue weighted by atomic mass is 9.69. The zero-order valence-electron chi connectivity index (χ0n) is 28.1. The number of aromatic nitrogens is 3. The van der Waals surface area contributed by atoms with Gasteiger partial charge in [-0.25, -0.2) is 13.1 Å². The molecule has 3 aromatic carbocycles. The molecule has 0 radical (unpaired) electrons. The van der Waals surface area contributed by atoms with Crippen molar-refractivity contribution in [3.63, 3.8) is 0 Å². The van der Waals surface area contributed by atoms with Crippen LogP contribution < -0.4 is 10.1 Å². The average Bonchev–Trinajstić information content (AvgIpc) is 3.42. The number of sulfonamides is 1. The predicted molar refractivity (Wildman–Crippen MR) is 177 cm³/mol. The predicted octanol–water partition coefficient (Wildman–Crippen LogP) is 6.66. The number of fused-ring (bicyclic) bond motifs is 2. The maximum absolute atomic E-state index is 14.0. The van der Waals surface area contributed by atoms with Crippen LogP contribution in [0.25, 0.3) is 11.0 Å². The summed E-state index contributed by atoms with van der Waals surface area (Å²) in [6, 6.07) is 16.1. The summed E-state index contributed by atoms with van der Waals surface area (Å²) in [6.45, 7) is 11.4. The molecule has 0 unspecified atom stereocenters. The Morgan fingerprint density at radius 1 is 1.08 bits per heavy atom. The molecule has 4 aromatic rings. The first-order chi connectivity index (χ1) is 22.6. The summed E-state index contributed by atoms with van der Waals surface area (Å²) in [5.74, 6) is -0.848. The van der Waals surface area contributed by atoms with Crippen molar-refractivity contribution in [1.82, 2.24) is 24.6 Å². The molecule has 5 rings (SSSR count). The summed E-state index contributed by atoms with van der Waals surface area (Å²) in [5, 5.41) is 11.2. The normalized spacial score (nSPS) is 17.4. The molecule has 2 heterocycles. The largest absolute Gasteiger partial charge is 0.488 e. The van der Waals surface area contributed by atoms with E-state index in [9.17, 15) is 26.4 Å². The minimum absolute atomic E-state index is 0.0595. The van der Waals surface area contributed by atoms with Gasteiger partial charge in [0.15, 0.2) is 0 Å². The highest BCUT2D eigenvalue weighted by atomic mass is 32.2. The molecular weight excluding hydrogens is 643 g/mol. The van der Waals surface area contributed by atoms with Crippen molar-refractivity contribution in [2.24, 2.45) is 5.41 Å². The van der Waals surface area contributed by atoms with Crippen LogP contribution in [0.3, 0.4) is 0 Å². The summed E-state index contributed by atoms with van der Waals surface area (Å²) in [5.41, 5.74) is 4.13. The van der Waals surface area contributed by atoms with Crippen molar-refractivity contribution in [3.05, 3.63) is 82.4 Å². The van der Waals surface area contributed by atoms with Crippen molar-refractivity contribution in [1.29, 1.82) is 0 Å². The number of carbonyl (C=O) groups is 1. The van der Waals surface area contributed by atoms with Gasteiger partial charge in [-0.2, -0.15) is 17.5 Å². The minimum atomic E-state index is -4.41. The molecule has 1 aromatic heterocycles. The third kappa shape index (κ3) is 6.93. The SMILES string of the molecule is CC[C@@H]1CN(Cc2cc([C@@H](c3ccc4c(nnn4CC)c3C)C(C)(C)C(=O)NCCC(F)(F)F)ccc2C)S(=O)(=O)c2ccccc2O1. The maximum atomic E-state index is 14.0. The van der Waals surface area contributed by atoms with Crippen LogP contribution in [0.1, 0.15) is 74.3 Å². The number of halogens is 3. The second-order valence-corrected chi connectivity index (χ2v) is 14.8. The van der Waals surface area contributed by atoms with E-state index in [1.165, 1.54) is 4.31 Å². The van der Waals surface area contributed by atoms with Gasteiger partial charge in [0.1, 0.15) is 22.3 Å². The number of benzene rings is 3. The molecule has 0 spiro atoms. The highest BCUT2D eigenvalue weighted by molar-refractivity contribution is 7.89. The Balaban J connectivity index is 1.60. The fourth-order valence-electron chi connectivity index (χ4n) is 6.43. The van der Waals surface area contributed by atoms with Crippen molar-refractivity contribution in [3.8, 4) is 5.75 Å². The van der Waals surface area contributed by atoms with Gasteiger partial charge in [0.2, 0.25) is 15.9 Å². The summed E-state index contributed by atoms with van der Waals surface area (Å²) < 4.78 is 76.2. The quantitative estimate of drug-likeness (QED) is 0.200. The second kappa shape index (κ2) is 13.5. The van der Waals surface area contributed by atoms with Gasteiger partial charge in [-0.1, -0.05) is 62.4 Å². The van der Waals surface area contributed by atoms with Gasteiger partial charge < -0.3 is 10.1 Å². The Bertz CT molecular complexity index is 1920. The van der Waals surface area contributed by atoms with Crippen LogP contribution in [-0.4, -0.2) is 59.0 Å². The molecule has 0 bridgehead atoms. The topological polar surface area (TPSA) is 106 Å². The number of amides is 1. The van der Waals surface area contributed by atoms with Gasteiger partial charge in [0.25, 0.3) is 0 Å². The first kappa shape index (κ1) is 35.3. The lowest BCUT2D eigenvalue weighted by Gasteiger charge is -2.35. The van der Waals surface area contributed by atoms with Crippen LogP contribution in [0.2, 0.25) is 0 Å². The Labute approximate surface area is 279 Å². The smallest absolute Gasteiger partial charge is 0.390 e. The zero-order chi connectivity index (χ0) is 35.0. The highest BCUT2D eigenvalue weighted by Crippen LogP contribution is 2.44. The second-order valence-electron chi connectivity index (χ2n) is 12.9. The number of rotatable bonds is 10. The van der Waals surface area contributed by atoms with E-state index < -0.39 is 46.4 Å². The molecule has 0 saturated carbocycles. The van der Waals surface area contributed by atoms with Crippen LogP contribution in [0, 0.1) is 19.3 Å². The van der Waals surface area contributed by atoms with Crippen LogP contribution in [0.4, 0.5) is 13.2 Å². The van der Waals surface area contributed by atoms with Crippen LogP contribution in [0.15, 0.2) is 59.5 Å². The lowest BCUT2D eigenvalue weighted by Crippen LogP contribution is -2.42. The van der Waals surface area contributed by atoms with E-state index in [1.807, 2.05) is 58.0 Å². The van der Waals surface area contributed by atoms with Crippen molar-refractivity contribution in [2.75, 3.05) is 13.1 Å². The minimum Gasteiger partial charge on any atom is -0.488 e. The third-order valence-corrected chi connectivity index (χ3v) is 11.1. The summed E-state index contributed by atoms with van der Waals surface area (Å²) >= 11 is 0. The van der Waals surface area contributed by atoms with Crippen molar-refractivity contribution in [2.45, 2.75) is 90.6 Å². The van der Waals surface area contributed by atoms with E-state index in [0.717, 1.165) is 27.8 Å². The first-order valence-corrected chi connectivity index (χ1v) is 17.6. The maximum Gasteiger partial charge on any atom is 0.390 e. The number of alkyl halides is 3. The number of carbonyl (C=O) groups excluding carboxylic acids is 1. The van der Waals surface area contributed by atoms with Gasteiger partial charge in [-0.15, -0.1) is 5.10 Å². The number of nitrogens with one attached hydrogen (secondary N) is 1. The molecule has 1 N–H and O–H groups in total. The van der Waals surface area contributed by atoms with Gasteiger partial charge >= 0.3 is 6.18 Å². The fraction of sp³-hybridized carbons (Fsp3) is 0.457. The number of para-hydroxylation sites is 1. The number of aryl methyl sites for hydroxylation is 3. The molecule has 13 heteroatoms. The molecule has 0 aliphatic carbocycles. The van der Waals surface area contributed by atoms with Gasteiger partial charge in [0, 0.05) is 25.6 Å². The molecular formula is C35H42F3N5O4S. The summed E-state index contributed by atoms with van der Waals surface area (Å²) in [7, 11) is -3.92. The average molecular weight is 686 g/mol. The van der Waals surface area contributed by atoms with Gasteiger partial charge in [-0.05, 0) is 73.2 Å². The Morgan fingerprint density at radius 3 is 2.50 bits per heavy atom. The molecule has 48 heavy (non-hydrogen) atoms. The molecule has 1 aliphatic heterocycles. The molecule has 2 atom stereocenters. The summed E-state index contributed by atoms with van der Waals surface area (Å²) in [6.07, 6.45) is -5.31. The molecule has 0 fully saturated rings. The molecule has 258 valence electrons. The number of nitrogens with zero attached hydrogens (tertiary/aromatic N) is 4. The van der Waals surface area contributed by atoms with Crippen molar-refractivity contribution < 1.29 is 31.1 Å². The van der Waals surface area contributed by atoms with E-state index in [-0.39, 0.29) is 24.1 Å². The van der Waals surface area contributed by atoms with Crippen molar-refractivity contribution >= 4 is 27.0 Å². The number of hydrogen-bond acceptors (Lipinski definition) is 6. The number of hydrogen-bond donors (Lipinski definition) is 1. The third-order valence-electron chi connectivity index (χ3n) is 9.27. The van der Waals surface area contributed by atoms with E-state index in [1.54, 1.807) is 42.8 Å². The number of ether oxygens (including phenoxy) is 1. The monoisotopic (exact) mass is 685 g/mol. The summed E-state index contributed by atoms with van der Waals surface area (Å²) in [4.78, 5) is 13.8. The van der Waals surface area contributed by atoms with Gasteiger partial charge in [0.05, 0.1) is 23.9 Å². The fourth-order valence-corrected chi connectivity index (χ4v) is 8.00. The van der Waals surface area contributed by atoms with Crippen LogP contribution >= 0.6 is 0 Å².